The number of hydrogen-bond donors (Lipinski definition) is 1. The van der Waals surface area contributed by atoms with E-state index in [0.717, 1.165) is 5.56 Å². The molecule has 3 nitrogen and oxygen atoms in total. The van der Waals surface area contributed by atoms with E-state index in [1.165, 1.54) is 11.3 Å². The summed E-state index contributed by atoms with van der Waals surface area (Å²) in [6, 6.07) is 4.95. The zero-order chi connectivity index (χ0) is 14.2. The van der Waals surface area contributed by atoms with Crippen molar-refractivity contribution in [3.8, 4) is 11.3 Å². The van der Waals surface area contributed by atoms with Gasteiger partial charge in [0, 0.05) is 5.56 Å². The van der Waals surface area contributed by atoms with Crippen LogP contribution in [0.2, 0.25) is 8.67 Å². The van der Waals surface area contributed by atoms with Gasteiger partial charge in [-0.3, -0.25) is 4.98 Å². The van der Waals surface area contributed by atoms with Gasteiger partial charge in [0.2, 0.25) is 0 Å². The number of hydrogen-bond acceptors (Lipinski definition) is 3. The van der Waals surface area contributed by atoms with Crippen molar-refractivity contribution >= 4 is 40.5 Å². The Kier molecular flexibility index (Phi) is 4.13. The number of carbonyl (C=O) groups is 1. The van der Waals surface area contributed by atoms with Crippen LogP contribution in [0.4, 0.5) is 0 Å². The summed E-state index contributed by atoms with van der Waals surface area (Å²) in [4.78, 5) is 15.6. The van der Waals surface area contributed by atoms with Crippen LogP contribution in [0.15, 0.2) is 18.2 Å². The summed E-state index contributed by atoms with van der Waals surface area (Å²) >= 11 is 13.3. The fraction of sp³-hybridized carbons (Fsp3) is 0.231. The lowest BCUT2D eigenvalue weighted by molar-refractivity contribution is 0.0694. The Morgan fingerprint density at radius 1 is 1.37 bits per heavy atom. The van der Waals surface area contributed by atoms with Gasteiger partial charge in [-0.2, -0.15) is 0 Å². The van der Waals surface area contributed by atoms with Gasteiger partial charge in [-0.05, 0) is 24.1 Å². The van der Waals surface area contributed by atoms with Crippen molar-refractivity contribution in [1.29, 1.82) is 0 Å². The third-order valence-electron chi connectivity index (χ3n) is 2.63. The number of thiophene rings is 1. The average molecular weight is 316 g/mol. The zero-order valence-electron chi connectivity index (χ0n) is 10.3. The van der Waals surface area contributed by atoms with E-state index in [9.17, 15) is 4.79 Å². The smallest absolute Gasteiger partial charge is 0.337 e. The highest BCUT2D eigenvalue weighted by atomic mass is 35.5. The maximum atomic E-state index is 11.2. The molecule has 19 heavy (non-hydrogen) atoms. The summed E-state index contributed by atoms with van der Waals surface area (Å²) in [6.45, 7) is 3.81. The van der Waals surface area contributed by atoms with Crippen molar-refractivity contribution in [2.24, 2.45) is 0 Å². The minimum Gasteiger partial charge on any atom is -0.478 e. The molecule has 0 radical (unpaired) electrons. The Bertz CT molecular complexity index is 638. The number of aromatic carboxylic acids is 1. The molecule has 2 aromatic rings. The van der Waals surface area contributed by atoms with Crippen molar-refractivity contribution in [1.82, 2.24) is 4.98 Å². The molecule has 0 atom stereocenters. The van der Waals surface area contributed by atoms with E-state index in [2.05, 4.69) is 4.98 Å². The lowest BCUT2D eigenvalue weighted by Crippen LogP contribution is -2.07. The summed E-state index contributed by atoms with van der Waals surface area (Å²) in [7, 11) is 0. The first kappa shape index (κ1) is 14.3. The Morgan fingerprint density at radius 2 is 2.05 bits per heavy atom. The van der Waals surface area contributed by atoms with E-state index in [1.807, 2.05) is 13.8 Å². The first-order valence-corrected chi connectivity index (χ1v) is 7.16. The summed E-state index contributed by atoms with van der Waals surface area (Å²) < 4.78 is 1.13. The van der Waals surface area contributed by atoms with Crippen molar-refractivity contribution in [3.05, 3.63) is 38.1 Å². The number of halogens is 2. The number of nitrogens with zero attached hydrogens (tertiary/aromatic N) is 1. The van der Waals surface area contributed by atoms with Gasteiger partial charge in [0.1, 0.15) is 4.34 Å². The first-order valence-electron chi connectivity index (χ1n) is 5.59. The van der Waals surface area contributed by atoms with E-state index < -0.39 is 5.97 Å². The van der Waals surface area contributed by atoms with Gasteiger partial charge in [0.25, 0.3) is 0 Å². The number of carboxylic acid groups (broad SMARTS) is 1. The fourth-order valence-electron chi connectivity index (χ4n) is 1.76. The van der Waals surface area contributed by atoms with Gasteiger partial charge in [0.15, 0.2) is 0 Å². The van der Waals surface area contributed by atoms with Gasteiger partial charge in [-0.15, -0.1) is 11.3 Å². The number of aromatic nitrogens is 1. The summed E-state index contributed by atoms with van der Waals surface area (Å²) in [5, 5.41) is 9.15. The summed E-state index contributed by atoms with van der Waals surface area (Å²) in [6.07, 6.45) is 0. The van der Waals surface area contributed by atoms with Gasteiger partial charge >= 0.3 is 5.97 Å². The van der Waals surface area contributed by atoms with E-state index in [4.69, 9.17) is 28.3 Å². The largest absolute Gasteiger partial charge is 0.478 e. The quantitative estimate of drug-likeness (QED) is 0.872. The minimum absolute atomic E-state index is 0.0129. The van der Waals surface area contributed by atoms with Gasteiger partial charge in [-0.25, -0.2) is 4.79 Å². The second kappa shape index (κ2) is 5.49. The molecule has 0 aliphatic rings. The molecule has 0 fully saturated rings. The Hall–Kier alpha value is -1.10. The predicted molar refractivity (Wildman–Crippen MR) is 78.6 cm³/mol. The van der Waals surface area contributed by atoms with Crippen LogP contribution >= 0.6 is 34.5 Å². The Morgan fingerprint density at radius 3 is 2.53 bits per heavy atom. The normalized spacial score (nSPS) is 11.0. The molecule has 100 valence electrons. The Balaban J connectivity index is 2.58. The molecule has 2 aromatic heterocycles. The van der Waals surface area contributed by atoms with E-state index in [-0.39, 0.29) is 11.5 Å². The van der Waals surface area contributed by atoms with Crippen molar-refractivity contribution < 1.29 is 9.90 Å². The van der Waals surface area contributed by atoms with Crippen LogP contribution in [-0.4, -0.2) is 16.1 Å². The van der Waals surface area contributed by atoms with Gasteiger partial charge in [-0.1, -0.05) is 37.0 Å². The highest BCUT2D eigenvalue weighted by Gasteiger charge is 2.17. The van der Waals surface area contributed by atoms with Gasteiger partial charge in [0.05, 0.1) is 21.3 Å². The first-order chi connectivity index (χ1) is 8.90. The maximum Gasteiger partial charge on any atom is 0.337 e. The van der Waals surface area contributed by atoms with E-state index in [0.29, 0.717) is 20.1 Å². The molecule has 0 bridgehead atoms. The van der Waals surface area contributed by atoms with Crippen LogP contribution in [0.1, 0.15) is 35.8 Å². The molecule has 0 saturated carbocycles. The van der Waals surface area contributed by atoms with Gasteiger partial charge < -0.3 is 5.11 Å². The molecular formula is C13H11Cl2NO2S. The molecule has 2 heterocycles. The number of rotatable bonds is 3. The van der Waals surface area contributed by atoms with Crippen LogP contribution in [-0.2, 0) is 0 Å². The second-order valence-corrected chi connectivity index (χ2v) is 6.61. The SMILES string of the molecule is CC(C)c1nc(-c2cc(Cl)sc2Cl)ccc1C(=O)O. The molecule has 0 aliphatic heterocycles. The highest BCUT2D eigenvalue weighted by molar-refractivity contribution is 7.20. The topological polar surface area (TPSA) is 50.2 Å². The summed E-state index contributed by atoms with van der Waals surface area (Å²) in [5.41, 5.74) is 2.14. The molecular weight excluding hydrogens is 305 g/mol. The standard InChI is InChI=1S/C13H11Cl2NO2S/c1-6(2)11-7(13(17)18)3-4-9(16-11)8-5-10(14)19-12(8)15/h3-6H,1-2H3,(H,17,18). The predicted octanol–water partition coefficient (Wildman–Crippen LogP) is 4.94. The van der Waals surface area contributed by atoms with E-state index >= 15 is 0 Å². The molecule has 0 spiro atoms. The molecule has 6 heteroatoms. The molecule has 2 rings (SSSR count). The molecule has 0 aromatic carbocycles. The highest BCUT2D eigenvalue weighted by Crippen LogP contribution is 2.38. The third kappa shape index (κ3) is 2.91. The van der Waals surface area contributed by atoms with Crippen molar-refractivity contribution in [3.63, 3.8) is 0 Å². The minimum atomic E-state index is -0.975. The van der Waals surface area contributed by atoms with Crippen LogP contribution in [0.5, 0.6) is 0 Å². The molecule has 0 aliphatic carbocycles. The Labute approximate surface area is 124 Å². The lowest BCUT2D eigenvalue weighted by atomic mass is 10.0. The molecule has 1 N–H and O–H groups in total. The molecule has 0 unspecified atom stereocenters. The van der Waals surface area contributed by atoms with Crippen molar-refractivity contribution in [2.75, 3.05) is 0 Å². The third-order valence-corrected chi connectivity index (χ3v) is 4.12. The van der Waals surface area contributed by atoms with Crippen LogP contribution in [0, 0.1) is 0 Å². The maximum absolute atomic E-state index is 11.2. The van der Waals surface area contributed by atoms with Crippen LogP contribution in [0.25, 0.3) is 11.3 Å². The molecule has 0 amide bonds. The summed E-state index contributed by atoms with van der Waals surface area (Å²) in [5.74, 6) is -0.962. The number of pyridine rings is 1. The fourth-order valence-corrected chi connectivity index (χ4v) is 3.24. The molecule has 0 saturated heterocycles. The second-order valence-electron chi connectivity index (χ2n) is 4.33. The van der Waals surface area contributed by atoms with E-state index in [1.54, 1.807) is 18.2 Å². The lowest BCUT2D eigenvalue weighted by Gasteiger charge is -2.10. The number of carboxylic acids is 1. The van der Waals surface area contributed by atoms with Crippen molar-refractivity contribution in [2.45, 2.75) is 19.8 Å². The average Bonchev–Trinajstić information content (AvgIpc) is 2.67. The zero-order valence-corrected chi connectivity index (χ0v) is 12.6. The monoisotopic (exact) mass is 315 g/mol. The van der Waals surface area contributed by atoms with Crippen LogP contribution in [0.3, 0.4) is 0 Å². The van der Waals surface area contributed by atoms with Crippen LogP contribution < -0.4 is 0 Å².